The molecule has 1 saturated heterocycles. The van der Waals surface area contributed by atoms with E-state index in [0.717, 1.165) is 26.2 Å². The Hall–Kier alpha value is -2.43. The fraction of sp³-hybridized carbons (Fsp3) is 0.267. The number of hydrogen-bond acceptors (Lipinski definition) is 4. The van der Waals surface area contributed by atoms with E-state index in [-0.39, 0.29) is 5.76 Å². The fourth-order valence-corrected chi connectivity index (χ4v) is 2.44. The molecule has 1 fully saturated rings. The summed E-state index contributed by atoms with van der Waals surface area (Å²) in [6, 6.07) is 13.5. The van der Waals surface area contributed by atoms with Crippen molar-refractivity contribution in [2.75, 3.05) is 36.0 Å². The SMILES string of the molecule is O=C(O)c1ccc(N2CCN(c3ccccc3)CC2)o1. The Labute approximate surface area is 117 Å². The minimum atomic E-state index is -1.03. The summed E-state index contributed by atoms with van der Waals surface area (Å²) in [5.41, 5.74) is 1.22. The van der Waals surface area contributed by atoms with Crippen LogP contribution in [0.5, 0.6) is 0 Å². The number of carbonyl (C=O) groups is 1. The summed E-state index contributed by atoms with van der Waals surface area (Å²) in [5, 5.41) is 8.87. The van der Waals surface area contributed by atoms with E-state index in [9.17, 15) is 4.79 Å². The molecule has 1 aromatic heterocycles. The van der Waals surface area contributed by atoms with Crippen LogP contribution in [0.1, 0.15) is 10.6 Å². The number of hydrogen-bond donors (Lipinski definition) is 1. The van der Waals surface area contributed by atoms with Gasteiger partial charge in [0, 0.05) is 37.9 Å². The number of nitrogens with zero attached hydrogens (tertiary/aromatic N) is 2. The van der Waals surface area contributed by atoms with Crippen molar-refractivity contribution in [3.8, 4) is 0 Å². The van der Waals surface area contributed by atoms with E-state index in [1.165, 1.54) is 11.8 Å². The maximum atomic E-state index is 10.8. The van der Waals surface area contributed by atoms with Gasteiger partial charge in [-0.05, 0) is 18.2 Å². The van der Waals surface area contributed by atoms with Gasteiger partial charge in [0.15, 0.2) is 5.88 Å². The van der Waals surface area contributed by atoms with Crippen molar-refractivity contribution < 1.29 is 14.3 Å². The summed E-state index contributed by atoms with van der Waals surface area (Å²) in [5.74, 6) is -0.403. The topological polar surface area (TPSA) is 56.9 Å². The Bertz CT molecular complexity index is 586. The van der Waals surface area contributed by atoms with Gasteiger partial charge in [-0.25, -0.2) is 4.79 Å². The molecule has 1 aliphatic rings. The Balaban J connectivity index is 1.65. The molecule has 1 aromatic carbocycles. The predicted molar refractivity (Wildman–Crippen MR) is 76.5 cm³/mol. The summed E-state index contributed by atoms with van der Waals surface area (Å²) in [7, 11) is 0. The molecule has 1 N–H and O–H groups in total. The van der Waals surface area contributed by atoms with E-state index >= 15 is 0 Å². The maximum Gasteiger partial charge on any atom is 0.371 e. The minimum Gasteiger partial charge on any atom is -0.475 e. The van der Waals surface area contributed by atoms with Crippen LogP contribution in [0.15, 0.2) is 46.9 Å². The van der Waals surface area contributed by atoms with Gasteiger partial charge < -0.3 is 19.3 Å². The van der Waals surface area contributed by atoms with Crippen molar-refractivity contribution in [2.45, 2.75) is 0 Å². The molecule has 0 spiro atoms. The van der Waals surface area contributed by atoms with Gasteiger partial charge in [0.1, 0.15) is 0 Å². The number of anilines is 2. The van der Waals surface area contributed by atoms with Crippen molar-refractivity contribution in [3.63, 3.8) is 0 Å². The number of aromatic carboxylic acids is 1. The number of piperazine rings is 1. The lowest BCUT2D eigenvalue weighted by Gasteiger charge is -2.35. The molecule has 20 heavy (non-hydrogen) atoms. The fourth-order valence-electron chi connectivity index (χ4n) is 2.44. The van der Waals surface area contributed by atoms with Crippen LogP contribution < -0.4 is 9.80 Å². The summed E-state index contributed by atoms with van der Waals surface area (Å²) in [6.07, 6.45) is 0. The van der Waals surface area contributed by atoms with Gasteiger partial charge in [0.2, 0.25) is 5.76 Å². The number of carboxylic acid groups (broad SMARTS) is 1. The second-order valence-electron chi connectivity index (χ2n) is 4.75. The van der Waals surface area contributed by atoms with Crippen LogP contribution in [0.3, 0.4) is 0 Å². The molecule has 5 nitrogen and oxygen atoms in total. The van der Waals surface area contributed by atoms with Gasteiger partial charge in [0.05, 0.1) is 0 Å². The van der Waals surface area contributed by atoms with Gasteiger partial charge >= 0.3 is 5.97 Å². The smallest absolute Gasteiger partial charge is 0.371 e. The van der Waals surface area contributed by atoms with Crippen molar-refractivity contribution >= 4 is 17.5 Å². The Morgan fingerprint density at radius 2 is 1.60 bits per heavy atom. The average Bonchev–Trinajstić information content (AvgIpc) is 2.98. The quantitative estimate of drug-likeness (QED) is 0.929. The Kier molecular flexibility index (Phi) is 3.33. The van der Waals surface area contributed by atoms with Crippen LogP contribution in [-0.4, -0.2) is 37.3 Å². The van der Waals surface area contributed by atoms with Crippen molar-refractivity contribution in [2.24, 2.45) is 0 Å². The lowest BCUT2D eigenvalue weighted by molar-refractivity contribution is 0.0663. The largest absolute Gasteiger partial charge is 0.475 e. The first-order chi connectivity index (χ1) is 9.74. The van der Waals surface area contributed by atoms with Crippen molar-refractivity contribution in [1.29, 1.82) is 0 Å². The van der Waals surface area contributed by atoms with Gasteiger partial charge in [-0.3, -0.25) is 0 Å². The highest BCUT2D eigenvalue weighted by Crippen LogP contribution is 2.22. The van der Waals surface area contributed by atoms with E-state index in [0.29, 0.717) is 5.88 Å². The van der Waals surface area contributed by atoms with Crippen LogP contribution in [0.25, 0.3) is 0 Å². The van der Waals surface area contributed by atoms with E-state index in [1.54, 1.807) is 6.07 Å². The molecule has 0 atom stereocenters. The number of para-hydroxylation sites is 1. The first kappa shape index (κ1) is 12.6. The van der Waals surface area contributed by atoms with Crippen molar-refractivity contribution in [3.05, 3.63) is 48.2 Å². The highest BCUT2D eigenvalue weighted by Gasteiger charge is 2.20. The zero-order valence-corrected chi connectivity index (χ0v) is 11.0. The molecule has 0 bridgehead atoms. The monoisotopic (exact) mass is 272 g/mol. The van der Waals surface area contributed by atoms with E-state index in [1.807, 2.05) is 18.2 Å². The van der Waals surface area contributed by atoms with Crippen LogP contribution >= 0.6 is 0 Å². The van der Waals surface area contributed by atoms with Crippen LogP contribution in [0.4, 0.5) is 11.6 Å². The molecule has 2 aromatic rings. The first-order valence-corrected chi connectivity index (χ1v) is 6.62. The molecule has 5 heteroatoms. The highest BCUT2D eigenvalue weighted by atomic mass is 16.4. The highest BCUT2D eigenvalue weighted by molar-refractivity contribution is 5.84. The molecular formula is C15H16N2O3. The molecule has 0 amide bonds. The molecule has 0 unspecified atom stereocenters. The zero-order chi connectivity index (χ0) is 13.9. The minimum absolute atomic E-state index is 0.00881. The van der Waals surface area contributed by atoms with E-state index in [4.69, 9.17) is 9.52 Å². The summed E-state index contributed by atoms with van der Waals surface area (Å²) >= 11 is 0. The predicted octanol–water partition coefficient (Wildman–Crippen LogP) is 2.30. The summed E-state index contributed by atoms with van der Waals surface area (Å²) in [4.78, 5) is 15.2. The summed E-state index contributed by atoms with van der Waals surface area (Å²) in [6.45, 7) is 3.43. The van der Waals surface area contributed by atoms with Crippen LogP contribution in [-0.2, 0) is 0 Å². The zero-order valence-electron chi connectivity index (χ0n) is 11.0. The van der Waals surface area contributed by atoms with Gasteiger partial charge in [-0.15, -0.1) is 0 Å². The number of furan rings is 1. The molecule has 1 aliphatic heterocycles. The number of benzene rings is 1. The molecule has 3 rings (SSSR count). The van der Waals surface area contributed by atoms with Gasteiger partial charge in [-0.2, -0.15) is 0 Å². The Morgan fingerprint density at radius 3 is 2.20 bits per heavy atom. The normalized spacial score (nSPS) is 15.4. The third-order valence-corrected chi connectivity index (χ3v) is 3.52. The van der Waals surface area contributed by atoms with Crippen LogP contribution in [0, 0.1) is 0 Å². The van der Waals surface area contributed by atoms with E-state index < -0.39 is 5.97 Å². The Morgan fingerprint density at radius 1 is 0.950 bits per heavy atom. The second-order valence-corrected chi connectivity index (χ2v) is 4.75. The lowest BCUT2D eigenvalue weighted by atomic mass is 10.2. The molecule has 0 radical (unpaired) electrons. The molecule has 0 aliphatic carbocycles. The standard InChI is InChI=1S/C15H16N2O3/c18-15(19)13-6-7-14(20-13)17-10-8-16(9-11-17)12-4-2-1-3-5-12/h1-7H,8-11H2,(H,18,19). The summed E-state index contributed by atoms with van der Waals surface area (Å²) < 4.78 is 5.33. The van der Waals surface area contributed by atoms with Gasteiger partial charge in [-0.1, -0.05) is 18.2 Å². The average molecular weight is 272 g/mol. The number of rotatable bonds is 3. The lowest BCUT2D eigenvalue weighted by Crippen LogP contribution is -2.46. The third-order valence-electron chi connectivity index (χ3n) is 3.52. The van der Waals surface area contributed by atoms with Crippen LogP contribution in [0.2, 0.25) is 0 Å². The molecule has 2 heterocycles. The number of carboxylic acids is 1. The molecular weight excluding hydrogens is 256 g/mol. The van der Waals surface area contributed by atoms with Gasteiger partial charge in [0.25, 0.3) is 0 Å². The van der Waals surface area contributed by atoms with Crippen molar-refractivity contribution in [1.82, 2.24) is 0 Å². The maximum absolute atomic E-state index is 10.8. The third kappa shape index (κ3) is 2.47. The molecule has 0 saturated carbocycles. The first-order valence-electron chi connectivity index (χ1n) is 6.62. The molecule has 104 valence electrons. The van der Waals surface area contributed by atoms with E-state index in [2.05, 4.69) is 21.9 Å². The second kappa shape index (κ2) is 5.28.